The predicted octanol–water partition coefficient (Wildman–Crippen LogP) is 3.36. The first-order chi connectivity index (χ1) is 9.33. The highest BCUT2D eigenvalue weighted by molar-refractivity contribution is 9.10. The molecule has 0 radical (unpaired) electrons. The molecule has 0 atom stereocenters. The van der Waals surface area contributed by atoms with Gasteiger partial charge in [-0.3, -0.25) is 4.98 Å². The second-order valence-electron chi connectivity index (χ2n) is 3.89. The lowest BCUT2D eigenvalue weighted by molar-refractivity contribution is 0.977. The van der Waals surface area contributed by atoms with Gasteiger partial charge < -0.3 is 0 Å². The van der Waals surface area contributed by atoms with Crippen LogP contribution < -0.4 is 0 Å². The van der Waals surface area contributed by atoms with Crippen LogP contribution in [0.2, 0.25) is 0 Å². The van der Waals surface area contributed by atoms with Crippen LogP contribution in [0.1, 0.15) is 0 Å². The van der Waals surface area contributed by atoms with Crippen LogP contribution in [0.15, 0.2) is 59.3 Å². The number of hydrogen-bond acceptors (Lipinski definition) is 4. The molecule has 5 heteroatoms. The van der Waals surface area contributed by atoms with E-state index in [0.717, 1.165) is 21.4 Å². The van der Waals surface area contributed by atoms with E-state index in [4.69, 9.17) is 0 Å². The van der Waals surface area contributed by atoms with Crippen molar-refractivity contribution in [3.05, 3.63) is 59.3 Å². The lowest BCUT2D eigenvalue weighted by atomic mass is 10.2. The van der Waals surface area contributed by atoms with Crippen molar-refractivity contribution >= 4 is 15.9 Å². The zero-order valence-corrected chi connectivity index (χ0v) is 11.4. The Balaban J connectivity index is 1.95. The summed E-state index contributed by atoms with van der Waals surface area (Å²) in [7, 11) is 0. The Morgan fingerprint density at radius 3 is 2.47 bits per heavy atom. The molecule has 0 N–H and O–H groups in total. The summed E-state index contributed by atoms with van der Waals surface area (Å²) in [5.41, 5.74) is 2.43. The van der Waals surface area contributed by atoms with Crippen LogP contribution in [0.3, 0.4) is 0 Å². The molecule has 0 aliphatic rings. The number of pyridine rings is 1. The molecule has 0 saturated carbocycles. The first kappa shape index (κ1) is 11.9. The number of nitrogens with zero attached hydrogens (tertiary/aromatic N) is 4. The van der Waals surface area contributed by atoms with Crippen LogP contribution in [-0.2, 0) is 0 Å². The maximum absolute atomic E-state index is 4.30. The van der Waals surface area contributed by atoms with Gasteiger partial charge in [0.1, 0.15) is 11.4 Å². The Morgan fingerprint density at radius 1 is 0.842 bits per heavy atom. The molecule has 0 unspecified atom stereocenters. The number of rotatable bonds is 2. The fraction of sp³-hybridized carbons (Fsp3) is 0. The smallest absolute Gasteiger partial charge is 0.200 e. The van der Waals surface area contributed by atoms with E-state index in [1.165, 1.54) is 0 Å². The SMILES string of the molecule is Brc1cccc(-c2cnc(-c3ccccn3)nn2)c1. The molecule has 4 nitrogen and oxygen atoms in total. The van der Waals surface area contributed by atoms with Crippen LogP contribution in [0.25, 0.3) is 22.8 Å². The number of benzene rings is 1. The summed E-state index contributed by atoms with van der Waals surface area (Å²) in [6, 6.07) is 13.5. The van der Waals surface area contributed by atoms with Gasteiger partial charge in [-0.25, -0.2) is 4.98 Å². The van der Waals surface area contributed by atoms with Gasteiger partial charge in [-0.1, -0.05) is 34.1 Å². The molecule has 3 rings (SSSR count). The van der Waals surface area contributed by atoms with E-state index in [0.29, 0.717) is 5.82 Å². The van der Waals surface area contributed by atoms with E-state index in [2.05, 4.69) is 36.1 Å². The Hall–Kier alpha value is -2.14. The highest BCUT2D eigenvalue weighted by atomic mass is 79.9. The average molecular weight is 313 g/mol. The Labute approximate surface area is 118 Å². The zero-order valence-electron chi connectivity index (χ0n) is 9.86. The molecular weight excluding hydrogens is 304 g/mol. The summed E-state index contributed by atoms with van der Waals surface area (Å²) < 4.78 is 1.00. The van der Waals surface area contributed by atoms with Crippen LogP contribution >= 0.6 is 15.9 Å². The Morgan fingerprint density at radius 2 is 1.79 bits per heavy atom. The molecule has 0 spiro atoms. The summed E-state index contributed by atoms with van der Waals surface area (Å²) in [5, 5.41) is 8.31. The zero-order chi connectivity index (χ0) is 13.1. The van der Waals surface area contributed by atoms with Gasteiger partial charge >= 0.3 is 0 Å². The molecule has 1 aromatic carbocycles. The van der Waals surface area contributed by atoms with E-state index >= 15 is 0 Å². The summed E-state index contributed by atoms with van der Waals surface area (Å²) in [5.74, 6) is 0.527. The molecule has 19 heavy (non-hydrogen) atoms. The molecule has 0 aliphatic heterocycles. The lowest BCUT2D eigenvalue weighted by Gasteiger charge is -2.01. The third kappa shape index (κ3) is 2.66. The van der Waals surface area contributed by atoms with Crippen LogP contribution in [0.5, 0.6) is 0 Å². The molecule has 0 amide bonds. The maximum atomic E-state index is 4.30. The van der Waals surface area contributed by atoms with E-state index in [1.54, 1.807) is 12.4 Å². The van der Waals surface area contributed by atoms with Gasteiger partial charge in [0.25, 0.3) is 0 Å². The van der Waals surface area contributed by atoms with E-state index in [-0.39, 0.29) is 0 Å². The van der Waals surface area contributed by atoms with Crippen molar-refractivity contribution < 1.29 is 0 Å². The predicted molar refractivity (Wildman–Crippen MR) is 76.2 cm³/mol. The van der Waals surface area contributed by atoms with Gasteiger partial charge in [0, 0.05) is 16.2 Å². The van der Waals surface area contributed by atoms with Gasteiger partial charge in [0.2, 0.25) is 0 Å². The minimum Gasteiger partial charge on any atom is -0.253 e. The summed E-state index contributed by atoms with van der Waals surface area (Å²) in [4.78, 5) is 8.50. The van der Waals surface area contributed by atoms with Gasteiger partial charge in [0.05, 0.1) is 6.20 Å². The standard InChI is InChI=1S/C14H9BrN4/c15-11-5-3-4-10(8-11)13-9-17-14(19-18-13)12-6-1-2-7-16-12/h1-9H. The van der Waals surface area contributed by atoms with Crippen LogP contribution in [0.4, 0.5) is 0 Å². The summed E-state index contributed by atoms with van der Waals surface area (Å²) in [6.45, 7) is 0. The second kappa shape index (κ2) is 5.24. The number of aromatic nitrogens is 4. The average Bonchev–Trinajstić information content (AvgIpc) is 2.48. The van der Waals surface area contributed by atoms with Gasteiger partial charge in [-0.05, 0) is 24.3 Å². The summed E-state index contributed by atoms with van der Waals surface area (Å²) >= 11 is 3.43. The van der Waals surface area contributed by atoms with Crippen molar-refractivity contribution in [2.45, 2.75) is 0 Å². The third-order valence-electron chi connectivity index (χ3n) is 2.58. The first-order valence-corrected chi connectivity index (χ1v) is 6.49. The molecule has 3 aromatic rings. The highest BCUT2D eigenvalue weighted by Gasteiger charge is 2.05. The minimum absolute atomic E-state index is 0.527. The molecule has 92 valence electrons. The van der Waals surface area contributed by atoms with Crippen LogP contribution in [0, 0.1) is 0 Å². The lowest BCUT2D eigenvalue weighted by Crippen LogP contribution is -1.95. The Kier molecular flexibility index (Phi) is 3.29. The van der Waals surface area contributed by atoms with Gasteiger partial charge in [-0.15, -0.1) is 10.2 Å². The molecule has 0 fully saturated rings. The molecule has 2 aromatic heterocycles. The number of hydrogen-bond donors (Lipinski definition) is 0. The second-order valence-corrected chi connectivity index (χ2v) is 4.81. The summed E-state index contributed by atoms with van der Waals surface area (Å²) in [6.07, 6.45) is 3.42. The van der Waals surface area contributed by atoms with Crippen LogP contribution in [-0.4, -0.2) is 20.2 Å². The highest BCUT2D eigenvalue weighted by Crippen LogP contribution is 2.20. The topological polar surface area (TPSA) is 51.6 Å². The third-order valence-corrected chi connectivity index (χ3v) is 3.07. The van der Waals surface area contributed by atoms with Crippen molar-refractivity contribution in [1.29, 1.82) is 0 Å². The molecule has 0 aliphatic carbocycles. The van der Waals surface area contributed by atoms with Gasteiger partial charge in [0.15, 0.2) is 5.82 Å². The van der Waals surface area contributed by atoms with E-state index < -0.39 is 0 Å². The Bertz CT molecular complexity index is 683. The van der Waals surface area contributed by atoms with Crippen molar-refractivity contribution in [3.63, 3.8) is 0 Å². The first-order valence-electron chi connectivity index (χ1n) is 5.70. The largest absolute Gasteiger partial charge is 0.253 e. The molecular formula is C14H9BrN4. The van der Waals surface area contributed by atoms with E-state index in [1.807, 2.05) is 42.5 Å². The van der Waals surface area contributed by atoms with Gasteiger partial charge in [-0.2, -0.15) is 0 Å². The van der Waals surface area contributed by atoms with E-state index in [9.17, 15) is 0 Å². The number of halogens is 1. The van der Waals surface area contributed by atoms with Crippen molar-refractivity contribution in [1.82, 2.24) is 20.2 Å². The fourth-order valence-corrected chi connectivity index (χ4v) is 2.07. The molecule has 2 heterocycles. The maximum Gasteiger partial charge on any atom is 0.200 e. The normalized spacial score (nSPS) is 10.4. The van der Waals surface area contributed by atoms with Crippen molar-refractivity contribution in [2.75, 3.05) is 0 Å². The molecule has 0 bridgehead atoms. The monoisotopic (exact) mass is 312 g/mol. The quantitative estimate of drug-likeness (QED) is 0.728. The van der Waals surface area contributed by atoms with Crippen molar-refractivity contribution in [2.24, 2.45) is 0 Å². The fourth-order valence-electron chi connectivity index (χ4n) is 1.67. The molecule has 0 saturated heterocycles. The van der Waals surface area contributed by atoms with Crippen molar-refractivity contribution in [3.8, 4) is 22.8 Å². The minimum atomic E-state index is 0.527.